The highest BCUT2D eigenvalue weighted by atomic mass is 35.5. The van der Waals surface area contributed by atoms with Crippen LogP contribution in [0.2, 0.25) is 10.0 Å². The van der Waals surface area contributed by atoms with Crippen molar-refractivity contribution in [3.05, 3.63) is 33.8 Å². The van der Waals surface area contributed by atoms with Gasteiger partial charge in [0.25, 0.3) is 5.91 Å². The third kappa shape index (κ3) is 2.93. The van der Waals surface area contributed by atoms with E-state index in [-0.39, 0.29) is 27.7 Å². The normalized spacial score (nSPS) is 30.5. The molecule has 0 radical (unpaired) electrons. The van der Waals surface area contributed by atoms with Crippen LogP contribution in [0.1, 0.15) is 29.6 Å². The third-order valence-electron chi connectivity index (χ3n) is 6.29. The van der Waals surface area contributed by atoms with Gasteiger partial charge in [-0.2, -0.15) is 0 Å². The van der Waals surface area contributed by atoms with Gasteiger partial charge in [-0.15, -0.1) is 0 Å². The minimum absolute atomic E-state index is 0.00183. The van der Waals surface area contributed by atoms with E-state index in [0.717, 1.165) is 12.3 Å². The van der Waals surface area contributed by atoms with E-state index in [1.165, 1.54) is 25.0 Å². The highest BCUT2D eigenvalue weighted by Crippen LogP contribution is 2.71. The Labute approximate surface area is 165 Å². The molecule has 4 N–H and O–H groups in total. The lowest BCUT2D eigenvalue weighted by molar-refractivity contribution is -0.139. The van der Waals surface area contributed by atoms with E-state index < -0.39 is 23.9 Å². The second kappa shape index (κ2) is 6.56. The summed E-state index contributed by atoms with van der Waals surface area (Å²) in [7, 11) is 0. The molecule has 0 saturated heterocycles. The number of carboxylic acid groups (broad SMARTS) is 1. The second-order valence-corrected chi connectivity index (χ2v) is 8.39. The van der Waals surface area contributed by atoms with E-state index in [2.05, 4.69) is 16.0 Å². The number of urea groups is 1. The van der Waals surface area contributed by atoms with Crippen LogP contribution in [0.15, 0.2) is 18.2 Å². The predicted octanol–water partition coefficient (Wildman–Crippen LogP) is 2.27. The maximum Gasteiger partial charge on any atom is 0.328 e. The van der Waals surface area contributed by atoms with Crippen molar-refractivity contribution in [2.45, 2.75) is 30.8 Å². The Hall–Kier alpha value is -1.99. The third-order valence-corrected chi connectivity index (χ3v) is 6.92. The summed E-state index contributed by atoms with van der Waals surface area (Å²) in [5.74, 6) is -0.113. The minimum atomic E-state index is -1.31. The molecule has 5 aliphatic rings. The van der Waals surface area contributed by atoms with Gasteiger partial charge in [-0.05, 0) is 49.1 Å². The lowest BCUT2D eigenvalue weighted by atomic mass is 9.53. The maximum absolute atomic E-state index is 12.4. The molecule has 0 aromatic heterocycles. The van der Waals surface area contributed by atoms with Crippen molar-refractivity contribution in [1.82, 2.24) is 16.0 Å². The molecule has 5 atom stereocenters. The Bertz CT molecular complexity index is 807. The highest BCUT2D eigenvalue weighted by molar-refractivity contribution is 6.39. The summed E-state index contributed by atoms with van der Waals surface area (Å²) in [6, 6.07) is 2.85. The second-order valence-electron chi connectivity index (χ2n) is 7.58. The van der Waals surface area contributed by atoms with E-state index in [9.17, 15) is 19.5 Å². The predicted molar refractivity (Wildman–Crippen MR) is 98.9 cm³/mol. The molecular formula is C18H19Cl2N3O4. The van der Waals surface area contributed by atoms with Gasteiger partial charge in [0.2, 0.25) is 0 Å². The van der Waals surface area contributed by atoms with Crippen LogP contribution in [-0.2, 0) is 4.79 Å². The number of hydrogen-bond acceptors (Lipinski definition) is 3. The lowest BCUT2D eigenvalue weighted by Crippen LogP contribution is -2.69. The minimum Gasteiger partial charge on any atom is -0.480 e. The van der Waals surface area contributed by atoms with E-state index in [1.807, 2.05) is 0 Å². The smallest absolute Gasteiger partial charge is 0.328 e. The fraction of sp³-hybridized carbons (Fsp3) is 0.500. The van der Waals surface area contributed by atoms with Gasteiger partial charge in [0.1, 0.15) is 6.04 Å². The molecule has 5 fully saturated rings. The molecule has 9 heteroatoms. The van der Waals surface area contributed by atoms with Crippen LogP contribution in [0.3, 0.4) is 0 Å². The van der Waals surface area contributed by atoms with Crippen LogP contribution >= 0.6 is 23.2 Å². The van der Waals surface area contributed by atoms with Gasteiger partial charge in [-0.1, -0.05) is 29.3 Å². The summed E-state index contributed by atoms with van der Waals surface area (Å²) in [6.45, 7) is -0.246. The first kappa shape index (κ1) is 18.4. The number of hydrogen-bond donors (Lipinski definition) is 4. The van der Waals surface area contributed by atoms with Crippen molar-refractivity contribution in [3.63, 3.8) is 0 Å². The number of benzene rings is 1. The van der Waals surface area contributed by atoms with Gasteiger partial charge >= 0.3 is 12.0 Å². The zero-order valence-corrected chi connectivity index (χ0v) is 15.8. The molecule has 7 nitrogen and oxygen atoms in total. The number of nitrogens with one attached hydrogen (secondary N) is 3. The SMILES string of the molecule is O=C(NC[C@H](NC(=O)c1c(Cl)cccc1Cl)C(=O)O)NC12CC3CC1CC32. The van der Waals surface area contributed by atoms with Crippen molar-refractivity contribution in [3.8, 4) is 0 Å². The van der Waals surface area contributed by atoms with Crippen molar-refractivity contribution >= 4 is 41.1 Å². The molecule has 3 amide bonds. The number of amides is 3. The molecule has 6 rings (SSSR count). The first-order valence-electron chi connectivity index (χ1n) is 8.85. The summed E-state index contributed by atoms with van der Waals surface area (Å²) < 4.78 is 0. The molecular weight excluding hydrogens is 393 g/mol. The first-order valence-corrected chi connectivity index (χ1v) is 9.61. The van der Waals surface area contributed by atoms with Gasteiger partial charge in [-0.3, -0.25) is 4.79 Å². The van der Waals surface area contributed by atoms with Crippen molar-refractivity contribution < 1.29 is 19.5 Å². The zero-order chi connectivity index (χ0) is 19.3. The Kier molecular flexibility index (Phi) is 4.47. The summed E-state index contributed by atoms with van der Waals surface area (Å²) in [6.07, 6.45) is 3.37. The van der Waals surface area contributed by atoms with Crippen molar-refractivity contribution in [2.24, 2.45) is 17.8 Å². The zero-order valence-electron chi connectivity index (χ0n) is 14.3. The molecule has 5 aliphatic carbocycles. The maximum atomic E-state index is 12.4. The summed E-state index contributed by atoms with van der Waals surface area (Å²) in [4.78, 5) is 36.0. The number of halogens is 2. The molecule has 1 aromatic rings. The fourth-order valence-electron chi connectivity index (χ4n) is 4.98. The van der Waals surface area contributed by atoms with E-state index in [4.69, 9.17) is 23.2 Å². The molecule has 1 aromatic carbocycles. The molecule has 144 valence electrons. The van der Waals surface area contributed by atoms with Crippen LogP contribution in [-0.4, -0.2) is 41.1 Å². The lowest BCUT2D eigenvalue weighted by Gasteiger charge is -2.58. The number of carbonyl (C=O) groups is 3. The summed E-state index contributed by atoms with van der Waals surface area (Å²) >= 11 is 12.0. The fourth-order valence-corrected chi connectivity index (χ4v) is 5.55. The van der Waals surface area contributed by atoms with E-state index in [0.29, 0.717) is 11.8 Å². The van der Waals surface area contributed by atoms with Gasteiger partial charge in [0.05, 0.1) is 22.2 Å². The Morgan fingerprint density at radius 1 is 1.22 bits per heavy atom. The highest BCUT2D eigenvalue weighted by Gasteiger charge is 2.72. The van der Waals surface area contributed by atoms with Gasteiger partial charge < -0.3 is 21.1 Å². The van der Waals surface area contributed by atoms with Crippen LogP contribution in [0.5, 0.6) is 0 Å². The van der Waals surface area contributed by atoms with Gasteiger partial charge in [-0.25, -0.2) is 9.59 Å². The monoisotopic (exact) mass is 411 g/mol. The number of rotatable bonds is 6. The van der Waals surface area contributed by atoms with Crippen molar-refractivity contribution in [1.29, 1.82) is 0 Å². The van der Waals surface area contributed by atoms with Crippen LogP contribution in [0, 0.1) is 17.8 Å². The summed E-state index contributed by atoms with van der Waals surface area (Å²) in [5, 5.41) is 17.5. The van der Waals surface area contributed by atoms with Crippen LogP contribution < -0.4 is 16.0 Å². The quantitative estimate of drug-likeness (QED) is 0.575. The van der Waals surface area contributed by atoms with Gasteiger partial charge in [0, 0.05) is 5.54 Å². The molecule has 5 saturated carbocycles. The number of carbonyl (C=O) groups excluding carboxylic acids is 2. The Morgan fingerprint density at radius 3 is 2.44 bits per heavy atom. The summed E-state index contributed by atoms with van der Waals surface area (Å²) in [5.41, 5.74) is -0.0797. The molecule has 0 heterocycles. The van der Waals surface area contributed by atoms with Crippen LogP contribution in [0.4, 0.5) is 4.79 Å². The number of aliphatic carboxylic acids is 1. The standard InChI is InChI=1S/C18H19Cl2N3O4/c19-11-2-1-3-12(20)14(11)15(24)22-13(16(25)26)7-21-17(27)23-18-6-8-4-9(18)5-10(8)18/h1-3,8-10,13H,4-7H2,(H,22,24)(H,25,26)(H2,21,23,27)/t8?,9?,10?,13-,18?/m0/s1. The number of carboxylic acids is 1. The van der Waals surface area contributed by atoms with E-state index >= 15 is 0 Å². The largest absolute Gasteiger partial charge is 0.480 e. The molecule has 0 aliphatic heterocycles. The molecule has 4 unspecified atom stereocenters. The first-order chi connectivity index (χ1) is 12.8. The average molecular weight is 412 g/mol. The Morgan fingerprint density at radius 2 is 1.93 bits per heavy atom. The van der Waals surface area contributed by atoms with Gasteiger partial charge in [0.15, 0.2) is 0 Å². The van der Waals surface area contributed by atoms with Crippen LogP contribution in [0.25, 0.3) is 0 Å². The molecule has 27 heavy (non-hydrogen) atoms. The average Bonchev–Trinajstić information content (AvgIpc) is 3.23. The molecule has 0 spiro atoms. The molecule has 4 bridgehead atoms. The van der Waals surface area contributed by atoms with Crippen molar-refractivity contribution in [2.75, 3.05) is 6.54 Å². The Balaban J connectivity index is 1.34. The van der Waals surface area contributed by atoms with E-state index in [1.54, 1.807) is 6.07 Å². The topological polar surface area (TPSA) is 108 Å².